The second-order valence-corrected chi connectivity index (χ2v) is 1.52. The van der Waals surface area contributed by atoms with Crippen LogP contribution in [0, 0.1) is 0 Å². The van der Waals surface area contributed by atoms with E-state index >= 15 is 0 Å². The van der Waals surface area contributed by atoms with Gasteiger partial charge in [-0.25, -0.2) is 0 Å². The number of hydrogen-bond donors (Lipinski definition) is 0. The second kappa shape index (κ2) is 3.53. The maximum Gasteiger partial charge on any atom is 0.0491 e. The fraction of sp³-hybridized carbons (Fsp3) is 0.600. The van der Waals surface area contributed by atoms with Gasteiger partial charge in [0.25, 0.3) is 0 Å². The number of allylic oxidation sites excluding steroid dienone is 1. The molecule has 2 nitrogen and oxygen atoms in total. The highest BCUT2D eigenvalue weighted by Crippen LogP contribution is 1.87. The zero-order valence-corrected chi connectivity index (χ0v) is 4.97. The fourth-order valence-corrected chi connectivity index (χ4v) is 0.173. The van der Waals surface area contributed by atoms with Gasteiger partial charge in [-0.3, -0.25) is 0 Å². The Hall–Kier alpha value is -0.660. The van der Waals surface area contributed by atoms with Gasteiger partial charge in [-0.1, -0.05) is 5.57 Å². The fourth-order valence-electron chi connectivity index (χ4n) is 0.173. The highest BCUT2D eigenvalue weighted by molar-refractivity contribution is 4.89. The van der Waals surface area contributed by atoms with Crippen LogP contribution < -0.4 is 0 Å². The van der Waals surface area contributed by atoms with Crippen LogP contribution in [-0.4, -0.2) is 7.05 Å². The van der Waals surface area contributed by atoms with Gasteiger partial charge in [0.2, 0.25) is 0 Å². The highest BCUT2D eigenvalue weighted by atomic mass is 15.1. The van der Waals surface area contributed by atoms with Crippen LogP contribution in [0.25, 0.3) is 0 Å². The first-order valence-corrected chi connectivity index (χ1v) is 2.19. The van der Waals surface area contributed by atoms with Crippen LogP contribution in [0.2, 0.25) is 0 Å². The summed E-state index contributed by atoms with van der Waals surface area (Å²) in [4.78, 5) is 0. The molecule has 0 unspecified atom stereocenters. The number of hydrogen-bond acceptors (Lipinski definition) is 2. The number of nitrogens with zero attached hydrogens (tertiary/aromatic N) is 2. The summed E-state index contributed by atoms with van der Waals surface area (Å²) >= 11 is 0. The SMILES string of the molecule is C/N=N\C=C(C)C. The first kappa shape index (κ1) is 6.34. The van der Waals surface area contributed by atoms with Crippen molar-refractivity contribution in [2.75, 3.05) is 7.05 Å². The van der Waals surface area contributed by atoms with Crippen molar-refractivity contribution in [3.8, 4) is 0 Å². The maximum absolute atomic E-state index is 3.63. The Morgan fingerprint density at radius 1 is 1.43 bits per heavy atom. The summed E-state index contributed by atoms with van der Waals surface area (Å²) in [5, 5.41) is 7.16. The van der Waals surface area contributed by atoms with Crippen LogP contribution >= 0.6 is 0 Å². The standard InChI is InChI=1S/C5H10N2/c1-5(2)4-7-6-3/h4H,1-3H3/b7-6-. The van der Waals surface area contributed by atoms with E-state index in [9.17, 15) is 0 Å². The largest absolute Gasteiger partial charge is 0.193 e. The van der Waals surface area contributed by atoms with Gasteiger partial charge in [-0.2, -0.15) is 10.2 Å². The Bertz CT molecular complexity index is 88.3. The van der Waals surface area contributed by atoms with E-state index in [1.165, 1.54) is 5.57 Å². The van der Waals surface area contributed by atoms with Gasteiger partial charge in [0.05, 0.1) is 0 Å². The Morgan fingerprint density at radius 2 is 2.00 bits per heavy atom. The van der Waals surface area contributed by atoms with Gasteiger partial charge in [-0.05, 0) is 13.8 Å². The lowest BCUT2D eigenvalue weighted by Crippen LogP contribution is -1.56. The Morgan fingerprint density at radius 3 is 2.14 bits per heavy atom. The van der Waals surface area contributed by atoms with Crippen LogP contribution in [0.15, 0.2) is 22.0 Å². The molecule has 0 aromatic carbocycles. The lowest BCUT2D eigenvalue weighted by atomic mass is 10.4. The Balaban J connectivity index is 3.46. The average Bonchev–Trinajstić information content (AvgIpc) is 1.61. The lowest BCUT2D eigenvalue weighted by Gasteiger charge is -1.76. The molecule has 0 N–H and O–H groups in total. The predicted molar refractivity (Wildman–Crippen MR) is 30.2 cm³/mol. The minimum absolute atomic E-state index is 1.17. The Labute approximate surface area is 44.0 Å². The summed E-state index contributed by atoms with van der Waals surface area (Å²) in [6.07, 6.45) is 1.72. The minimum Gasteiger partial charge on any atom is -0.193 e. The van der Waals surface area contributed by atoms with Crippen LogP contribution in [-0.2, 0) is 0 Å². The Kier molecular flexibility index (Phi) is 3.19. The molecule has 0 atom stereocenters. The summed E-state index contributed by atoms with van der Waals surface area (Å²) in [5.74, 6) is 0. The molecule has 0 aromatic heterocycles. The normalized spacial score (nSPS) is 9.57. The summed E-state index contributed by atoms with van der Waals surface area (Å²) in [5.41, 5.74) is 1.17. The third-order valence-electron chi connectivity index (χ3n) is 0.431. The molecule has 0 aromatic rings. The van der Waals surface area contributed by atoms with Crippen LogP contribution in [0.1, 0.15) is 13.8 Å². The van der Waals surface area contributed by atoms with E-state index in [4.69, 9.17) is 0 Å². The van der Waals surface area contributed by atoms with E-state index in [1.807, 2.05) is 13.8 Å². The van der Waals surface area contributed by atoms with Crippen LogP contribution in [0.4, 0.5) is 0 Å². The van der Waals surface area contributed by atoms with E-state index in [2.05, 4.69) is 10.2 Å². The molecule has 0 bridgehead atoms. The molecule has 0 aliphatic heterocycles. The molecule has 2 heteroatoms. The summed E-state index contributed by atoms with van der Waals surface area (Å²) in [7, 11) is 1.65. The molecule has 0 fully saturated rings. The van der Waals surface area contributed by atoms with Crippen LogP contribution in [0.5, 0.6) is 0 Å². The molecule has 0 saturated carbocycles. The van der Waals surface area contributed by atoms with Gasteiger partial charge in [0, 0.05) is 13.2 Å². The molecule has 0 spiro atoms. The van der Waals surface area contributed by atoms with Crippen LogP contribution in [0.3, 0.4) is 0 Å². The predicted octanol–water partition coefficient (Wildman–Crippen LogP) is 1.99. The van der Waals surface area contributed by atoms with Crippen molar-refractivity contribution in [2.24, 2.45) is 10.2 Å². The van der Waals surface area contributed by atoms with Crippen molar-refractivity contribution in [3.63, 3.8) is 0 Å². The molecule has 0 heterocycles. The molecule has 40 valence electrons. The van der Waals surface area contributed by atoms with Gasteiger partial charge in [0.15, 0.2) is 0 Å². The molecule has 0 saturated heterocycles. The van der Waals surface area contributed by atoms with Crippen molar-refractivity contribution >= 4 is 0 Å². The van der Waals surface area contributed by atoms with E-state index in [-0.39, 0.29) is 0 Å². The number of azo groups is 1. The van der Waals surface area contributed by atoms with Gasteiger partial charge in [0.1, 0.15) is 0 Å². The monoisotopic (exact) mass is 98.1 g/mol. The van der Waals surface area contributed by atoms with Crippen molar-refractivity contribution in [2.45, 2.75) is 13.8 Å². The summed E-state index contributed by atoms with van der Waals surface area (Å²) in [6, 6.07) is 0. The molecule has 0 aliphatic carbocycles. The van der Waals surface area contributed by atoms with Crippen molar-refractivity contribution < 1.29 is 0 Å². The molecule has 0 radical (unpaired) electrons. The molecule has 0 amide bonds. The molecule has 7 heavy (non-hydrogen) atoms. The van der Waals surface area contributed by atoms with E-state index < -0.39 is 0 Å². The first-order chi connectivity index (χ1) is 3.27. The zero-order valence-electron chi connectivity index (χ0n) is 4.97. The quantitative estimate of drug-likeness (QED) is 0.448. The average molecular weight is 98.1 g/mol. The topological polar surface area (TPSA) is 24.7 Å². The van der Waals surface area contributed by atoms with Crippen molar-refractivity contribution in [1.29, 1.82) is 0 Å². The second-order valence-electron chi connectivity index (χ2n) is 1.52. The summed E-state index contributed by atoms with van der Waals surface area (Å²) < 4.78 is 0. The van der Waals surface area contributed by atoms with E-state index in [0.717, 1.165) is 0 Å². The van der Waals surface area contributed by atoms with Crippen molar-refractivity contribution in [3.05, 3.63) is 11.8 Å². The third kappa shape index (κ3) is 5.34. The third-order valence-corrected chi connectivity index (χ3v) is 0.431. The van der Waals surface area contributed by atoms with Gasteiger partial charge in [-0.15, -0.1) is 0 Å². The first-order valence-electron chi connectivity index (χ1n) is 2.19. The molecular weight excluding hydrogens is 88.1 g/mol. The molecule has 0 rings (SSSR count). The van der Waals surface area contributed by atoms with E-state index in [0.29, 0.717) is 0 Å². The molecular formula is C5H10N2. The molecule has 0 aliphatic rings. The number of rotatable bonds is 1. The lowest BCUT2D eigenvalue weighted by molar-refractivity contribution is 1.14. The van der Waals surface area contributed by atoms with Gasteiger partial charge < -0.3 is 0 Å². The minimum atomic E-state index is 1.17. The highest BCUT2D eigenvalue weighted by Gasteiger charge is 1.67. The van der Waals surface area contributed by atoms with Gasteiger partial charge >= 0.3 is 0 Å². The zero-order chi connectivity index (χ0) is 5.70. The van der Waals surface area contributed by atoms with Crippen molar-refractivity contribution in [1.82, 2.24) is 0 Å². The summed E-state index contributed by atoms with van der Waals surface area (Å²) in [6.45, 7) is 3.96. The smallest absolute Gasteiger partial charge is 0.0491 e. The maximum atomic E-state index is 3.63. The van der Waals surface area contributed by atoms with E-state index in [1.54, 1.807) is 13.2 Å².